The number of halogens is 1. The lowest BCUT2D eigenvalue weighted by Gasteiger charge is -2.46. The van der Waals surface area contributed by atoms with Crippen LogP contribution in [0.5, 0.6) is 11.5 Å². The molecule has 5 atom stereocenters. The molecule has 250 valence electrons. The van der Waals surface area contributed by atoms with E-state index < -0.39 is 12.2 Å². The molecule has 1 saturated heterocycles. The molecule has 0 saturated carbocycles. The van der Waals surface area contributed by atoms with Crippen LogP contribution >= 0.6 is 11.6 Å². The molecule has 2 aliphatic heterocycles. The molecule has 0 radical (unpaired) electrons. The molecule has 0 amide bonds. The largest absolute Gasteiger partial charge is 0.494 e. The Balaban J connectivity index is 1.77. The van der Waals surface area contributed by atoms with E-state index in [0.29, 0.717) is 63.4 Å². The molecule has 2 aliphatic rings. The second-order valence-electron chi connectivity index (χ2n) is 11.7. The van der Waals surface area contributed by atoms with Gasteiger partial charge in [0, 0.05) is 30.4 Å². The number of hydrogen-bond donors (Lipinski definition) is 0. The van der Waals surface area contributed by atoms with Gasteiger partial charge in [-0.3, -0.25) is 0 Å². The summed E-state index contributed by atoms with van der Waals surface area (Å²) >= 11 is 6.94. The van der Waals surface area contributed by atoms with Crippen LogP contribution in [0.4, 0.5) is 0 Å². The number of benzene rings is 2. The highest BCUT2D eigenvalue weighted by Gasteiger charge is 2.49. The number of ether oxygens (including phenoxy) is 7. The quantitative estimate of drug-likeness (QED) is 0.135. The first-order chi connectivity index (χ1) is 22.1. The minimum absolute atomic E-state index is 0.330. The molecule has 2 heterocycles. The minimum atomic E-state index is -0.470. The Kier molecular flexibility index (Phi) is 15.5. The Bertz CT molecular complexity index is 1150. The van der Waals surface area contributed by atoms with Crippen LogP contribution < -0.4 is 9.47 Å². The van der Waals surface area contributed by atoms with Gasteiger partial charge in [0.25, 0.3) is 0 Å². The molecule has 0 N–H and O–H groups in total. The van der Waals surface area contributed by atoms with Crippen molar-refractivity contribution in [1.29, 1.82) is 0 Å². The standard InChI is InChI=1S/C37H53ClO7/c1-5-9-19-42-35-33-26-39-18-12-13-22-41-32-25-31(38)28(23-27-14-16-29(17-15-27)40-8-4)24-30(32)34(45-33)36(43-20-10-6-2)37(35)44-21-11-7-3/h12-17,24-25,33-37H,5-11,18-23,26H2,1-4H3/b13-12-/t33-,34+,35-,36+,37+/m1/s1. The Morgan fingerprint density at radius 1 is 0.778 bits per heavy atom. The zero-order valence-corrected chi connectivity index (χ0v) is 28.4. The lowest BCUT2D eigenvalue weighted by Crippen LogP contribution is -2.58. The van der Waals surface area contributed by atoms with Gasteiger partial charge in [0.2, 0.25) is 0 Å². The van der Waals surface area contributed by atoms with Crippen LogP contribution in [0.3, 0.4) is 0 Å². The monoisotopic (exact) mass is 644 g/mol. The van der Waals surface area contributed by atoms with E-state index in [1.54, 1.807) is 0 Å². The fourth-order valence-electron chi connectivity index (χ4n) is 5.68. The normalized spacial score (nSPS) is 24.2. The van der Waals surface area contributed by atoms with E-state index in [9.17, 15) is 0 Å². The number of fused-ring (bicyclic) bond motifs is 4. The number of unbranched alkanes of at least 4 members (excludes halogenated alkanes) is 3. The van der Waals surface area contributed by atoms with Gasteiger partial charge in [0.15, 0.2) is 0 Å². The van der Waals surface area contributed by atoms with Crippen LogP contribution in [0.25, 0.3) is 0 Å². The first-order valence-corrected chi connectivity index (χ1v) is 17.4. The van der Waals surface area contributed by atoms with Crippen molar-refractivity contribution in [3.63, 3.8) is 0 Å². The SMILES string of the molecule is CCCCO[C@@H]1[C@@H](OCCCC)[C@H]2O[C@H](COC/C=C\COc3cc(Cl)c(Cc4ccc(OCC)cc4)cc32)[C@H]1OCCCC. The van der Waals surface area contributed by atoms with Crippen LogP contribution in [0.2, 0.25) is 5.02 Å². The first-order valence-electron chi connectivity index (χ1n) is 17.0. The van der Waals surface area contributed by atoms with Crippen LogP contribution in [0.1, 0.15) is 89.0 Å². The highest BCUT2D eigenvalue weighted by atomic mass is 35.5. The fourth-order valence-corrected chi connectivity index (χ4v) is 5.90. The fraction of sp³-hybridized carbons (Fsp3) is 0.622. The Labute approximate surface area is 275 Å². The van der Waals surface area contributed by atoms with Gasteiger partial charge in [-0.05, 0) is 74.1 Å². The van der Waals surface area contributed by atoms with Crippen LogP contribution in [0, 0.1) is 0 Å². The molecule has 0 spiro atoms. The first kappa shape index (κ1) is 35.7. The molecule has 1 fully saturated rings. The molecular formula is C37H53ClO7. The third-order valence-corrected chi connectivity index (χ3v) is 8.52. The number of hydrogen-bond acceptors (Lipinski definition) is 7. The summed E-state index contributed by atoms with van der Waals surface area (Å²) in [7, 11) is 0. The maximum absolute atomic E-state index is 6.98. The Morgan fingerprint density at radius 3 is 2.09 bits per heavy atom. The summed E-state index contributed by atoms with van der Waals surface area (Å²) in [5.74, 6) is 1.54. The van der Waals surface area contributed by atoms with E-state index >= 15 is 0 Å². The second kappa shape index (κ2) is 19.5. The van der Waals surface area contributed by atoms with Gasteiger partial charge >= 0.3 is 0 Å². The van der Waals surface area contributed by atoms with Gasteiger partial charge in [0.05, 0.1) is 19.8 Å². The third kappa shape index (κ3) is 10.4. The minimum Gasteiger partial charge on any atom is -0.494 e. The zero-order chi connectivity index (χ0) is 31.9. The van der Waals surface area contributed by atoms with E-state index in [1.165, 1.54) is 0 Å². The summed E-state index contributed by atoms with van der Waals surface area (Å²) in [5.41, 5.74) is 3.02. The van der Waals surface area contributed by atoms with Gasteiger partial charge < -0.3 is 33.2 Å². The van der Waals surface area contributed by atoms with E-state index in [-0.39, 0.29) is 18.3 Å². The topological polar surface area (TPSA) is 64.6 Å². The van der Waals surface area contributed by atoms with Crippen molar-refractivity contribution in [3.05, 3.63) is 70.3 Å². The lowest BCUT2D eigenvalue weighted by atomic mass is 9.88. The smallest absolute Gasteiger partial charge is 0.127 e. The third-order valence-electron chi connectivity index (χ3n) is 8.17. The summed E-state index contributed by atoms with van der Waals surface area (Å²) < 4.78 is 45.0. The van der Waals surface area contributed by atoms with Gasteiger partial charge in [-0.15, -0.1) is 0 Å². The summed E-state index contributed by atoms with van der Waals surface area (Å²) in [5, 5.41) is 0.648. The second-order valence-corrected chi connectivity index (χ2v) is 12.1. The highest BCUT2D eigenvalue weighted by molar-refractivity contribution is 6.31. The van der Waals surface area contributed by atoms with Gasteiger partial charge in [0.1, 0.15) is 48.6 Å². The zero-order valence-electron chi connectivity index (χ0n) is 27.6. The number of rotatable bonds is 16. The van der Waals surface area contributed by atoms with E-state index in [1.807, 2.05) is 37.3 Å². The molecule has 0 unspecified atom stereocenters. The van der Waals surface area contributed by atoms with Crippen molar-refractivity contribution < 1.29 is 33.2 Å². The summed E-state index contributed by atoms with van der Waals surface area (Å²) in [6.45, 7) is 12.2. The summed E-state index contributed by atoms with van der Waals surface area (Å²) in [4.78, 5) is 0. The Hall–Kier alpha value is -2.13. The maximum Gasteiger partial charge on any atom is 0.127 e. The van der Waals surface area contributed by atoms with Gasteiger partial charge in [-0.1, -0.05) is 69.8 Å². The molecule has 2 bridgehead atoms. The van der Waals surface area contributed by atoms with Crippen LogP contribution in [-0.2, 0) is 30.1 Å². The highest BCUT2D eigenvalue weighted by Crippen LogP contribution is 2.43. The predicted octanol–water partition coefficient (Wildman–Crippen LogP) is 8.29. The maximum atomic E-state index is 6.98. The predicted molar refractivity (Wildman–Crippen MR) is 179 cm³/mol. The molecule has 0 aromatic heterocycles. The van der Waals surface area contributed by atoms with Crippen molar-refractivity contribution in [2.75, 3.05) is 46.2 Å². The van der Waals surface area contributed by atoms with Gasteiger partial charge in [-0.25, -0.2) is 0 Å². The molecule has 4 rings (SSSR count). The molecule has 7 nitrogen and oxygen atoms in total. The average molecular weight is 645 g/mol. The van der Waals surface area contributed by atoms with Crippen molar-refractivity contribution in [2.45, 2.75) is 103 Å². The van der Waals surface area contributed by atoms with E-state index in [2.05, 4.69) is 39.0 Å². The van der Waals surface area contributed by atoms with Crippen LogP contribution in [0.15, 0.2) is 48.6 Å². The van der Waals surface area contributed by atoms with Crippen LogP contribution in [-0.4, -0.2) is 70.7 Å². The lowest BCUT2D eigenvalue weighted by molar-refractivity contribution is -0.268. The summed E-state index contributed by atoms with van der Waals surface area (Å²) in [6, 6.07) is 12.2. The van der Waals surface area contributed by atoms with Crippen molar-refractivity contribution >= 4 is 11.6 Å². The van der Waals surface area contributed by atoms with Crippen molar-refractivity contribution in [3.8, 4) is 11.5 Å². The average Bonchev–Trinajstić information content (AvgIpc) is 3.04. The Morgan fingerprint density at radius 2 is 1.42 bits per heavy atom. The molecule has 2 aromatic rings. The molecular weight excluding hydrogens is 592 g/mol. The van der Waals surface area contributed by atoms with Gasteiger partial charge in [-0.2, -0.15) is 0 Å². The molecule has 45 heavy (non-hydrogen) atoms. The molecule has 0 aliphatic carbocycles. The molecule has 8 heteroatoms. The summed E-state index contributed by atoms with van der Waals surface area (Å²) in [6.07, 6.45) is 8.68. The van der Waals surface area contributed by atoms with E-state index in [4.69, 9.17) is 44.8 Å². The van der Waals surface area contributed by atoms with E-state index in [0.717, 1.165) is 61.0 Å². The van der Waals surface area contributed by atoms with Crippen molar-refractivity contribution in [1.82, 2.24) is 0 Å². The van der Waals surface area contributed by atoms with Crippen molar-refractivity contribution in [2.24, 2.45) is 0 Å². The molecule has 2 aromatic carbocycles.